The molecule has 2 N–H and O–H groups in total. The molecule has 0 bridgehead atoms. The molecule has 0 atom stereocenters. The number of hydrogen-bond acceptors (Lipinski definition) is 2. The molecule has 17 heavy (non-hydrogen) atoms. The van der Waals surface area contributed by atoms with Crippen LogP contribution in [0.25, 0.3) is 0 Å². The predicted molar refractivity (Wildman–Crippen MR) is 81.3 cm³/mol. The zero-order valence-electron chi connectivity index (χ0n) is 10.4. The first kappa shape index (κ1) is 15.2. The van der Waals surface area contributed by atoms with Crippen LogP contribution in [-0.4, -0.2) is 19.1 Å². The fourth-order valence-electron chi connectivity index (χ4n) is 1.49. The summed E-state index contributed by atoms with van der Waals surface area (Å²) in [5.74, 6) is 0. The minimum atomic E-state index is 0.579. The molecule has 0 aromatic heterocycles. The van der Waals surface area contributed by atoms with E-state index in [4.69, 9.17) is 0 Å². The van der Waals surface area contributed by atoms with Gasteiger partial charge in [0.15, 0.2) is 0 Å². The van der Waals surface area contributed by atoms with Crippen molar-refractivity contribution in [2.24, 2.45) is 0 Å². The maximum absolute atomic E-state index is 3.57. The van der Waals surface area contributed by atoms with Gasteiger partial charge in [0.2, 0.25) is 0 Å². The summed E-state index contributed by atoms with van der Waals surface area (Å²) in [6.45, 7) is 7.38. The van der Waals surface area contributed by atoms with Crippen molar-refractivity contribution in [2.45, 2.75) is 32.9 Å². The summed E-state index contributed by atoms with van der Waals surface area (Å²) < 4.78 is 2.26. The summed E-state index contributed by atoms with van der Waals surface area (Å²) >= 11 is 7.02. The molecule has 1 rings (SSSR count). The zero-order chi connectivity index (χ0) is 12.7. The van der Waals surface area contributed by atoms with Gasteiger partial charge in [-0.1, -0.05) is 51.8 Å². The molecule has 0 heterocycles. The normalized spacial score (nSPS) is 11.1. The number of benzene rings is 1. The standard InChI is InChI=1S/C13H20Br2N2/c1-10(2)17-7-3-6-16-9-11-4-5-12(14)8-13(11)15/h4-5,8,10,16-17H,3,6-7,9H2,1-2H3. The minimum Gasteiger partial charge on any atom is -0.314 e. The molecule has 0 aliphatic carbocycles. The first-order valence-corrected chi connectivity index (χ1v) is 7.56. The van der Waals surface area contributed by atoms with E-state index in [-0.39, 0.29) is 0 Å². The van der Waals surface area contributed by atoms with E-state index in [0.717, 1.165) is 35.0 Å². The molecule has 0 spiro atoms. The smallest absolute Gasteiger partial charge is 0.0231 e. The Kier molecular flexibility index (Phi) is 7.35. The van der Waals surface area contributed by atoms with Crippen LogP contribution >= 0.6 is 31.9 Å². The molecule has 1 aromatic rings. The summed E-state index contributed by atoms with van der Waals surface area (Å²) in [7, 11) is 0. The number of halogens is 2. The molecule has 4 heteroatoms. The molecule has 0 fully saturated rings. The maximum Gasteiger partial charge on any atom is 0.0231 e. The maximum atomic E-state index is 3.57. The van der Waals surface area contributed by atoms with E-state index in [9.17, 15) is 0 Å². The van der Waals surface area contributed by atoms with Crippen molar-refractivity contribution in [1.29, 1.82) is 0 Å². The van der Waals surface area contributed by atoms with Crippen LogP contribution in [0.15, 0.2) is 27.1 Å². The van der Waals surface area contributed by atoms with Crippen LogP contribution < -0.4 is 10.6 Å². The molecule has 0 saturated carbocycles. The van der Waals surface area contributed by atoms with Gasteiger partial charge in [0.1, 0.15) is 0 Å². The van der Waals surface area contributed by atoms with Crippen LogP contribution in [0.4, 0.5) is 0 Å². The average Bonchev–Trinajstić information content (AvgIpc) is 2.25. The van der Waals surface area contributed by atoms with Crippen molar-refractivity contribution in [1.82, 2.24) is 10.6 Å². The highest BCUT2D eigenvalue weighted by atomic mass is 79.9. The molecule has 0 amide bonds. The van der Waals surface area contributed by atoms with Crippen molar-refractivity contribution in [3.63, 3.8) is 0 Å². The van der Waals surface area contributed by atoms with E-state index < -0.39 is 0 Å². The van der Waals surface area contributed by atoms with E-state index in [0.29, 0.717) is 6.04 Å². The van der Waals surface area contributed by atoms with Crippen molar-refractivity contribution >= 4 is 31.9 Å². The van der Waals surface area contributed by atoms with Gasteiger partial charge in [-0.15, -0.1) is 0 Å². The van der Waals surface area contributed by atoms with Gasteiger partial charge in [-0.2, -0.15) is 0 Å². The van der Waals surface area contributed by atoms with Gasteiger partial charge >= 0.3 is 0 Å². The van der Waals surface area contributed by atoms with E-state index >= 15 is 0 Å². The van der Waals surface area contributed by atoms with Gasteiger partial charge in [0, 0.05) is 21.5 Å². The van der Waals surface area contributed by atoms with Crippen LogP contribution in [0.1, 0.15) is 25.8 Å². The molecular formula is C13H20Br2N2. The Morgan fingerprint density at radius 2 is 1.94 bits per heavy atom. The van der Waals surface area contributed by atoms with Crippen molar-refractivity contribution in [3.05, 3.63) is 32.7 Å². The fraction of sp³-hybridized carbons (Fsp3) is 0.538. The highest BCUT2D eigenvalue weighted by Crippen LogP contribution is 2.21. The van der Waals surface area contributed by atoms with Gasteiger partial charge in [-0.05, 0) is 37.2 Å². The monoisotopic (exact) mass is 362 g/mol. The lowest BCUT2D eigenvalue weighted by Gasteiger charge is -2.09. The number of rotatable bonds is 7. The van der Waals surface area contributed by atoms with Crippen molar-refractivity contribution < 1.29 is 0 Å². The van der Waals surface area contributed by atoms with Crippen LogP contribution in [0.3, 0.4) is 0 Å². The molecule has 0 unspecified atom stereocenters. The van der Waals surface area contributed by atoms with Gasteiger partial charge in [0.05, 0.1) is 0 Å². The molecule has 2 nitrogen and oxygen atoms in total. The molecule has 0 aliphatic rings. The van der Waals surface area contributed by atoms with Crippen molar-refractivity contribution in [2.75, 3.05) is 13.1 Å². The Hall–Kier alpha value is 0.1000. The lowest BCUT2D eigenvalue weighted by Crippen LogP contribution is -2.26. The van der Waals surface area contributed by atoms with E-state index in [2.05, 4.69) is 74.5 Å². The lowest BCUT2D eigenvalue weighted by atomic mass is 10.2. The van der Waals surface area contributed by atoms with E-state index in [1.54, 1.807) is 0 Å². The lowest BCUT2D eigenvalue weighted by molar-refractivity contribution is 0.547. The molecular weight excluding hydrogens is 344 g/mol. The zero-order valence-corrected chi connectivity index (χ0v) is 13.6. The summed E-state index contributed by atoms with van der Waals surface area (Å²) in [4.78, 5) is 0. The number of nitrogens with one attached hydrogen (secondary N) is 2. The Morgan fingerprint density at radius 3 is 2.59 bits per heavy atom. The molecule has 0 aliphatic heterocycles. The van der Waals surface area contributed by atoms with Crippen molar-refractivity contribution in [3.8, 4) is 0 Å². The first-order chi connectivity index (χ1) is 8.09. The molecule has 0 radical (unpaired) electrons. The summed E-state index contributed by atoms with van der Waals surface area (Å²) in [5, 5.41) is 6.86. The second-order valence-electron chi connectivity index (χ2n) is 4.37. The first-order valence-electron chi connectivity index (χ1n) is 5.97. The topological polar surface area (TPSA) is 24.1 Å². The van der Waals surface area contributed by atoms with Gasteiger partial charge in [0.25, 0.3) is 0 Å². The third-order valence-electron chi connectivity index (χ3n) is 2.41. The summed E-state index contributed by atoms with van der Waals surface area (Å²) in [6, 6.07) is 6.86. The second-order valence-corrected chi connectivity index (χ2v) is 6.14. The SMILES string of the molecule is CC(C)NCCCNCc1ccc(Br)cc1Br. The quantitative estimate of drug-likeness (QED) is 0.722. The minimum absolute atomic E-state index is 0.579. The third-order valence-corrected chi connectivity index (χ3v) is 3.64. The second kappa shape index (κ2) is 8.25. The Labute approximate surface area is 121 Å². The van der Waals surface area contributed by atoms with E-state index in [1.165, 1.54) is 5.56 Å². The largest absolute Gasteiger partial charge is 0.314 e. The Morgan fingerprint density at radius 1 is 1.18 bits per heavy atom. The van der Waals surface area contributed by atoms with Crippen LogP contribution in [-0.2, 0) is 6.54 Å². The number of hydrogen-bond donors (Lipinski definition) is 2. The molecule has 1 aromatic carbocycles. The fourth-order valence-corrected chi connectivity index (χ4v) is 2.68. The van der Waals surface area contributed by atoms with E-state index in [1.807, 2.05) is 0 Å². The highest BCUT2D eigenvalue weighted by Gasteiger charge is 1.99. The summed E-state index contributed by atoms with van der Waals surface area (Å²) in [5.41, 5.74) is 1.30. The van der Waals surface area contributed by atoms with Crippen LogP contribution in [0, 0.1) is 0 Å². The van der Waals surface area contributed by atoms with Gasteiger partial charge in [-0.3, -0.25) is 0 Å². The predicted octanol–water partition coefficient (Wildman–Crippen LogP) is 3.69. The molecule has 96 valence electrons. The highest BCUT2D eigenvalue weighted by molar-refractivity contribution is 9.11. The van der Waals surface area contributed by atoms with Crippen LogP contribution in [0.5, 0.6) is 0 Å². The Bertz CT molecular complexity index is 340. The van der Waals surface area contributed by atoms with Gasteiger partial charge < -0.3 is 10.6 Å². The Balaban J connectivity index is 2.18. The third kappa shape index (κ3) is 6.55. The average molecular weight is 364 g/mol. The van der Waals surface area contributed by atoms with Crippen LogP contribution in [0.2, 0.25) is 0 Å². The van der Waals surface area contributed by atoms with Gasteiger partial charge in [-0.25, -0.2) is 0 Å². The summed E-state index contributed by atoms with van der Waals surface area (Å²) in [6.07, 6.45) is 1.16. The molecule has 0 saturated heterocycles.